The van der Waals surface area contributed by atoms with Gasteiger partial charge in [0.1, 0.15) is 23.8 Å². The molecule has 4 heterocycles. The van der Waals surface area contributed by atoms with E-state index in [1.54, 1.807) is 6.07 Å². The fourth-order valence-corrected chi connectivity index (χ4v) is 5.71. The average molecular weight is 593 g/mol. The molecule has 3 atom stereocenters. The molecule has 1 aromatic heterocycles. The molecule has 1 aromatic carbocycles. The predicted octanol–water partition coefficient (Wildman–Crippen LogP) is 3.34. The Morgan fingerprint density at radius 2 is 1.81 bits per heavy atom. The number of pyridine rings is 1. The maximum Gasteiger partial charge on any atom is 0.404 e. The van der Waals surface area contributed by atoms with Crippen LogP contribution >= 0.6 is 0 Å². The number of nitrogens with zero attached hydrogens (tertiary/aromatic N) is 4. The largest absolute Gasteiger partial charge is 0.442 e. The maximum absolute atomic E-state index is 12.9. The molecule has 3 aliphatic heterocycles. The Morgan fingerprint density at radius 3 is 2.50 bits per heavy atom. The number of morpholine rings is 1. The molecule has 3 aliphatic rings. The number of nitrogens with one attached hydrogen (secondary N) is 1. The summed E-state index contributed by atoms with van der Waals surface area (Å²) in [5.41, 5.74) is 8.26. The van der Waals surface area contributed by atoms with Crippen LogP contribution in [0.4, 0.5) is 40.1 Å². The molecule has 5 rings (SSSR count). The third-order valence-electron chi connectivity index (χ3n) is 7.85. The molecular weight excluding hydrogens is 557 g/mol. The Hall–Kier alpha value is -3.78. The van der Waals surface area contributed by atoms with Crippen LogP contribution in [0.2, 0.25) is 0 Å². The number of amides is 3. The van der Waals surface area contributed by atoms with E-state index < -0.39 is 42.8 Å². The number of hydrogen-bond acceptors (Lipinski definition) is 8. The van der Waals surface area contributed by atoms with Gasteiger partial charge in [0.2, 0.25) is 0 Å². The third kappa shape index (κ3) is 7.16. The minimum atomic E-state index is -4.25. The molecule has 0 radical (unpaired) electrons. The summed E-state index contributed by atoms with van der Waals surface area (Å²) in [7, 11) is 0. The molecule has 3 saturated heterocycles. The quantitative estimate of drug-likeness (QED) is 0.465. The van der Waals surface area contributed by atoms with Crippen molar-refractivity contribution in [1.29, 1.82) is 0 Å². The van der Waals surface area contributed by atoms with E-state index in [-0.39, 0.29) is 26.2 Å². The number of rotatable bonds is 6. The van der Waals surface area contributed by atoms with Gasteiger partial charge >= 0.3 is 18.3 Å². The second kappa shape index (κ2) is 12.2. The molecule has 4 N–H and O–H groups in total. The summed E-state index contributed by atoms with van der Waals surface area (Å²) in [4.78, 5) is 34.4. The first-order valence-electron chi connectivity index (χ1n) is 13.9. The van der Waals surface area contributed by atoms with Gasteiger partial charge in [-0.25, -0.2) is 14.6 Å². The Kier molecular flexibility index (Phi) is 8.64. The van der Waals surface area contributed by atoms with Crippen molar-refractivity contribution in [3.8, 4) is 11.1 Å². The van der Waals surface area contributed by atoms with Crippen molar-refractivity contribution in [2.45, 2.75) is 38.1 Å². The number of nitrogens with two attached hydrogens (primary N) is 1. The number of urea groups is 1. The van der Waals surface area contributed by atoms with Crippen molar-refractivity contribution in [3.05, 3.63) is 35.9 Å². The number of carbonyl (C=O) groups is 2. The van der Waals surface area contributed by atoms with Gasteiger partial charge in [0.25, 0.3) is 0 Å². The van der Waals surface area contributed by atoms with E-state index in [2.05, 4.69) is 10.2 Å². The number of aryl methyl sites for hydroxylation is 1. The average Bonchev–Trinajstić information content (AvgIpc) is 3.55. The molecule has 11 nitrogen and oxygen atoms in total. The maximum atomic E-state index is 12.9. The van der Waals surface area contributed by atoms with Crippen LogP contribution in [0.5, 0.6) is 0 Å². The van der Waals surface area contributed by atoms with Gasteiger partial charge < -0.3 is 40.3 Å². The van der Waals surface area contributed by atoms with Crippen molar-refractivity contribution in [2.24, 2.45) is 11.7 Å². The number of hydrogen-bond donors (Lipinski definition) is 3. The van der Waals surface area contributed by atoms with E-state index in [1.807, 2.05) is 36.1 Å². The lowest BCUT2D eigenvalue weighted by atomic mass is 10.00. The zero-order chi connectivity index (χ0) is 30.0. The first kappa shape index (κ1) is 29.7. The lowest BCUT2D eigenvalue weighted by Crippen LogP contribution is -2.37. The molecule has 42 heavy (non-hydrogen) atoms. The summed E-state index contributed by atoms with van der Waals surface area (Å²) >= 11 is 0. The summed E-state index contributed by atoms with van der Waals surface area (Å²) in [5, 5.41) is 13.3. The Balaban J connectivity index is 1.40. The number of β-amino-alcohol motifs (C(OH)–C–C–N with tert-alkyl or cyclic N) is 1. The number of alkyl halides is 3. The van der Waals surface area contributed by atoms with E-state index in [1.165, 1.54) is 4.90 Å². The summed E-state index contributed by atoms with van der Waals surface area (Å²) in [5.74, 6) is 0.682. The summed E-state index contributed by atoms with van der Waals surface area (Å²) < 4.78 is 49.0. The second-order valence-corrected chi connectivity index (χ2v) is 11.0. The molecule has 0 spiro atoms. The van der Waals surface area contributed by atoms with Crippen LogP contribution in [-0.2, 0) is 9.47 Å². The van der Waals surface area contributed by atoms with Gasteiger partial charge in [-0.15, -0.1) is 0 Å². The fraction of sp³-hybridized carbons (Fsp3) is 0.536. The molecule has 0 aliphatic carbocycles. The monoisotopic (exact) mass is 592 g/mol. The second-order valence-electron chi connectivity index (χ2n) is 11.0. The highest BCUT2D eigenvalue weighted by molar-refractivity contribution is 5.91. The smallest absolute Gasteiger partial charge is 0.404 e. The van der Waals surface area contributed by atoms with E-state index in [0.29, 0.717) is 50.0 Å². The number of aliphatic hydroxyl groups is 1. The number of benzene rings is 1. The van der Waals surface area contributed by atoms with Crippen molar-refractivity contribution in [3.63, 3.8) is 0 Å². The number of primary amides is 1. The molecule has 228 valence electrons. The Bertz CT molecular complexity index is 1310. The van der Waals surface area contributed by atoms with Crippen LogP contribution in [0, 0.1) is 12.8 Å². The van der Waals surface area contributed by atoms with Gasteiger partial charge in [-0.2, -0.15) is 13.2 Å². The van der Waals surface area contributed by atoms with Crippen molar-refractivity contribution >= 4 is 29.4 Å². The number of ether oxygens (including phenoxy) is 2. The lowest BCUT2D eigenvalue weighted by molar-refractivity contribution is -0.143. The van der Waals surface area contributed by atoms with E-state index in [0.717, 1.165) is 16.7 Å². The summed E-state index contributed by atoms with van der Waals surface area (Å²) in [6, 6.07) is 8.84. The molecular formula is C28H35F3N6O5. The van der Waals surface area contributed by atoms with Crippen LogP contribution in [-0.4, -0.2) is 98.0 Å². The van der Waals surface area contributed by atoms with E-state index in [9.17, 15) is 27.9 Å². The van der Waals surface area contributed by atoms with Gasteiger partial charge in [-0.05, 0) is 60.2 Å². The number of carbonyl (C=O) groups excluding carboxylic acids is 2. The van der Waals surface area contributed by atoms with Gasteiger partial charge in [0, 0.05) is 44.8 Å². The highest BCUT2D eigenvalue weighted by Crippen LogP contribution is 2.34. The highest BCUT2D eigenvalue weighted by Gasteiger charge is 2.37. The van der Waals surface area contributed by atoms with Crippen LogP contribution in [0.1, 0.15) is 18.4 Å². The van der Waals surface area contributed by atoms with Crippen LogP contribution in [0.15, 0.2) is 30.3 Å². The topological polar surface area (TPSA) is 133 Å². The van der Waals surface area contributed by atoms with Crippen molar-refractivity contribution < 1.29 is 37.3 Å². The molecule has 2 aromatic rings. The number of halogens is 3. The number of aromatic nitrogens is 1. The summed E-state index contributed by atoms with van der Waals surface area (Å²) in [6.45, 7) is 5.07. The Labute approximate surface area is 241 Å². The van der Waals surface area contributed by atoms with Gasteiger partial charge in [-0.1, -0.05) is 6.07 Å². The van der Waals surface area contributed by atoms with Gasteiger partial charge in [0.05, 0.1) is 19.8 Å². The molecule has 0 bridgehead atoms. The minimum Gasteiger partial charge on any atom is -0.442 e. The lowest BCUT2D eigenvalue weighted by Gasteiger charge is -2.29. The third-order valence-corrected chi connectivity index (χ3v) is 7.85. The molecule has 3 fully saturated rings. The van der Waals surface area contributed by atoms with Crippen LogP contribution in [0.3, 0.4) is 0 Å². The zero-order valence-corrected chi connectivity index (χ0v) is 23.3. The van der Waals surface area contributed by atoms with Crippen LogP contribution < -0.4 is 20.9 Å². The highest BCUT2D eigenvalue weighted by atomic mass is 19.4. The predicted molar refractivity (Wildman–Crippen MR) is 149 cm³/mol. The molecule has 0 saturated carbocycles. The van der Waals surface area contributed by atoms with Crippen molar-refractivity contribution in [2.75, 3.05) is 67.6 Å². The SMILES string of the molecule is Cc1ccc(NC(=O)N2CCC(CC(F)(F)F)C2)cc1-c1cc(N2CCOCC2)nc(N2C[C@@H](O)[C@H](OC(N)=O)C2)c1. The fourth-order valence-electron chi connectivity index (χ4n) is 5.71. The standard InChI is InChI=1S/C28H35F3N6O5/c1-17-2-3-20(33-27(40)36-5-4-18(14-36)13-28(29,30)31)12-21(17)19-10-24(35-6-8-41-9-7-35)34-25(11-19)37-15-22(38)23(16-37)42-26(32)39/h2-3,10-12,18,22-23,38H,4-9,13-16H2,1H3,(H2,32,39)(H,33,40)/t18?,22-,23-/m1/s1. The normalized spacial score (nSPS) is 22.9. The molecule has 3 amide bonds. The first-order valence-corrected chi connectivity index (χ1v) is 13.9. The molecule has 1 unspecified atom stereocenters. The molecule has 14 heteroatoms. The number of aliphatic hydroxyl groups excluding tert-OH is 1. The van der Waals surface area contributed by atoms with E-state index in [4.69, 9.17) is 20.2 Å². The van der Waals surface area contributed by atoms with Gasteiger partial charge in [-0.3, -0.25) is 0 Å². The number of likely N-dealkylation sites (tertiary alicyclic amines) is 1. The minimum absolute atomic E-state index is 0.0584. The van der Waals surface area contributed by atoms with E-state index >= 15 is 0 Å². The van der Waals surface area contributed by atoms with Crippen LogP contribution in [0.25, 0.3) is 11.1 Å². The Morgan fingerprint density at radius 1 is 1.10 bits per heavy atom. The zero-order valence-electron chi connectivity index (χ0n) is 23.3. The van der Waals surface area contributed by atoms with Crippen molar-refractivity contribution in [1.82, 2.24) is 9.88 Å². The summed E-state index contributed by atoms with van der Waals surface area (Å²) in [6.07, 6.45) is -7.53. The van der Waals surface area contributed by atoms with Gasteiger partial charge in [0.15, 0.2) is 0 Å². The first-order chi connectivity index (χ1) is 19.9. The number of anilines is 3.